The van der Waals surface area contributed by atoms with Gasteiger partial charge < -0.3 is 9.47 Å². The monoisotopic (exact) mass is 453 g/mol. The minimum atomic E-state index is -3.64. The van der Waals surface area contributed by atoms with Gasteiger partial charge >= 0.3 is 0 Å². The number of fused-ring (bicyclic) bond motifs is 1. The average Bonchev–Trinajstić information content (AvgIpc) is 3.06. The molecule has 2 aromatic rings. The van der Waals surface area contributed by atoms with Crippen LogP contribution in [0.15, 0.2) is 52.0 Å². The van der Waals surface area contributed by atoms with E-state index in [1.807, 2.05) is 0 Å². The summed E-state index contributed by atoms with van der Waals surface area (Å²) in [5.74, 6) is 0.676. The molecule has 0 aliphatic carbocycles. The van der Waals surface area contributed by atoms with E-state index in [-0.39, 0.29) is 6.79 Å². The lowest BCUT2D eigenvalue weighted by Crippen LogP contribution is -2.39. The maximum atomic E-state index is 12.1. The first-order valence-electron chi connectivity index (χ1n) is 7.78. The SMILES string of the molecule is CS(=O)(=O)N(CC(=O)N/N=C/c1ccc2c(c1)OCO2)c1cccc(Br)c1. The standard InChI is InChI=1S/C17H16BrN3O5S/c1-27(23,24)21(14-4-2-3-13(18)8-14)10-17(22)20-19-9-12-5-6-15-16(7-12)26-11-25-15/h2-9H,10-11H2,1H3,(H,20,22)/b19-9+. The molecule has 0 fully saturated rings. The van der Waals surface area contributed by atoms with E-state index >= 15 is 0 Å². The molecule has 0 unspecified atom stereocenters. The Hall–Kier alpha value is -2.59. The van der Waals surface area contributed by atoms with Crippen molar-refractivity contribution in [2.75, 3.05) is 23.9 Å². The number of hydrogen-bond donors (Lipinski definition) is 1. The molecule has 1 amide bonds. The van der Waals surface area contributed by atoms with Gasteiger partial charge in [0.25, 0.3) is 5.91 Å². The average molecular weight is 454 g/mol. The van der Waals surface area contributed by atoms with Crippen molar-refractivity contribution in [3.8, 4) is 11.5 Å². The highest BCUT2D eigenvalue weighted by molar-refractivity contribution is 9.10. The van der Waals surface area contributed by atoms with Crippen LogP contribution in [0.4, 0.5) is 5.69 Å². The molecule has 1 aliphatic rings. The number of sulfonamides is 1. The normalized spacial score (nSPS) is 13.0. The molecule has 3 rings (SSSR count). The summed E-state index contributed by atoms with van der Waals surface area (Å²) in [4.78, 5) is 12.1. The van der Waals surface area contributed by atoms with Crippen LogP contribution >= 0.6 is 15.9 Å². The van der Waals surface area contributed by atoms with Crippen molar-refractivity contribution in [3.05, 3.63) is 52.5 Å². The lowest BCUT2D eigenvalue weighted by atomic mass is 10.2. The van der Waals surface area contributed by atoms with E-state index in [1.54, 1.807) is 42.5 Å². The smallest absolute Gasteiger partial charge is 0.260 e. The second kappa shape index (κ2) is 7.97. The van der Waals surface area contributed by atoms with Gasteiger partial charge in [0, 0.05) is 4.47 Å². The van der Waals surface area contributed by atoms with E-state index in [0.717, 1.165) is 10.6 Å². The van der Waals surface area contributed by atoms with Gasteiger partial charge in [-0.05, 0) is 42.0 Å². The third kappa shape index (κ3) is 4.98. The Balaban J connectivity index is 1.66. The first kappa shape index (κ1) is 19.2. The van der Waals surface area contributed by atoms with Crippen LogP contribution in [0.2, 0.25) is 0 Å². The number of amides is 1. The van der Waals surface area contributed by atoms with Crippen LogP contribution < -0.4 is 19.2 Å². The molecule has 8 nitrogen and oxygen atoms in total. The number of hydrogen-bond acceptors (Lipinski definition) is 6. The molecule has 10 heteroatoms. The van der Waals surface area contributed by atoms with Gasteiger partial charge in [-0.2, -0.15) is 5.10 Å². The van der Waals surface area contributed by atoms with Crippen molar-refractivity contribution < 1.29 is 22.7 Å². The minimum Gasteiger partial charge on any atom is -0.454 e. The fraction of sp³-hybridized carbons (Fsp3) is 0.176. The van der Waals surface area contributed by atoms with Gasteiger partial charge in [-0.25, -0.2) is 13.8 Å². The molecule has 0 saturated carbocycles. The van der Waals surface area contributed by atoms with Gasteiger partial charge in [-0.1, -0.05) is 22.0 Å². The van der Waals surface area contributed by atoms with E-state index in [2.05, 4.69) is 26.5 Å². The molecule has 0 bridgehead atoms. The quantitative estimate of drug-likeness (QED) is 0.533. The highest BCUT2D eigenvalue weighted by Gasteiger charge is 2.21. The molecule has 2 aromatic carbocycles. The second-order valence-electron chi connectivity index (χ2n) is 5.66. The van der Waals surface area contributed by atoms with Crippen LogP contribution in [0.3, 0.4) is 0 Å². The predicted octanol–water partition coefficient (Wildman–Crippen LogP) is 2.09. The van der Waals surface area contributed by atoms with Crippen LogP contribution in [0.25, 0.3) is 0 Å². The van der Waals surface area contributed by atoms with Crippen molar-refractivity contribution in [1.29, 1.82) is 0 Å². The number of hydrazone groups is 1. The van der Waals surface area contributed by atoms with Crippen molar-refractivity contribution in [1.82, 2.24) is 5.43 Å². The van der Waals surface area contributed by atoms with Crippen molar-refractivity contribution in [2.45, 2.75) is 0 Å². The van der Waals surface area contributed by atoms with Crippen molar-refractivity contribution >= 4 is 43.8 Å². The lowest BCUT2D eigenvalue weighted by Gasteiger charge is -2.21. The van der Waals surface area contributed by atoms with Crippen LogP contribution in [0.1, 0.15) is 5.56 Å². The Morgan fingerprint density at radius 1 is 1.26 bits per heavy atom. The van der Waals surface area contributed by atoms with Crippen LogP contribution in [-0.2, 0) is 14.8 Å². The molecule has 142 valence electrons. The molecule has 27 heavy (non-hydrogen) atoms. The van der Waals surface area contributed by atoms with Crippen molar-refractivity contribution in [3.63, 3.8) is 0 Å². The second-order valence-corrected chi connectivity index (χ2v) is 8.48. The molecular formula is C17H16BrN3O5S. The number of nitrogens with one attached hydrogen (secondary N) is 1. The third-order valence-electron chi connectivity index (χ3n) is 3.58. The van der Waals surface area contributed by atoms with Crippen LogP contribution in [0.5, 0.6) is 11.5 Å². The Morgan fingerprint density at radius 3 is 2.78 bits per heavy atom. The number of ether oxygens (including phenoxy) is 2. The summed E-state index contributed by atoms with van der Waals surface area (Å²) >= 11 is 3.29. The summed E-state index contributed by atoms with van der Waals surface area (Å²) in [6, 6.07) is 11.9. The van der Waals surface area contributed by atoms with Gasteiger partial charge in [0.2, 0.25) is 16.8 Å². The molecule has 0 atom stereocenters. The number of rotatable bonds is 6. The van der Waals surface area contributed by atoms with E-state index < -0.39 is 22.5 Å². The number of anilines is 1. The van der Waals surface area contributed by atoms with Gasteiger partial charge in [-0.15, -0.1) is 0 Å². The summed E-state index contributed by atoms with van der Waals surface area (Å²) in [7, 11) is -3.64. The van der Waals surface area contributed by atoms with Gasteiger partial charge in [-0.3, -0.25) is 9.10 Å². The Labute approximate surface area is 164 Å². The highest BCUT2D eigenvalue weighted by Crippen LogP contribution is 2.31. The van der Waals surface area contributed by atoms with E-state index in [4.69, 9.17) is 9.47 Å². The largest absolute Gasteiger partial charge is 0.454 e. The third-order valence-corrected chi connectivity index (χ3v) is 5.22. The zero-order chi connectivity index (χ0) is 19.4. The summed E-state index contributed by atoms with van der Waals surface area (Å²) in [6.45, 7) is -0.225. The number of carbonyl (C=O) groups is 1. The van der Waals surface area contributed by atoms with E-state index in [9.17, 15) is 13.2 Å². The molecule has 1 N–H and O–H groups in total. The summed E-state index contributed by atoms with van der Waals surface area (Å²) in [6.07, 6.45) is 2.47. The number of benzene rings is 2. The zero-order valence-corrected chi connectivity index (χ0v) is 16.7. The van der Waals surface area contributed by atoms with E-state index in [1.165, 1.54) is 6.21 Å². The number of carbonyl (C=O) groups excluding carboxylic acids is 1. The van der Waals surface area contributed by atoms with Crippen LogP contribution in [-0.4, -0.2) is 40.1 Å². The minimum absolute atomic E-state index is 0.170. The first-order valence-corrected chi connectivity index (χ1v) is 10.4. The number of nitrogens with zero attached hydrogens (tertiary/aromatic N) is 2. The molecule has 0 saturated heterocycles. The highest BCUT2D eigenvalue weighted by atomic mass is 79.9. The van der Waals surface area contributed by atoms with Gasteiger partial charge in [0.05, 0.1) is 18.2 Å². The Kier molecular flexibility index (Phi) is 5.66. The number of halogens is 1. The van der Waals surface area contributed by atoms with Crippen molar-refractivity contribution in [2.24, 2.45) is 5.10 Å². The Bertz CT molecular complexity index is 994. The fourth-order valence-electron chi connectivity index (χ4n) is 2.37. The van der Waals surface area contributed by atoms with Crippen LogP contribution in [0, 0.1) is 0 Å². The zero-order valence-electron chi connectivity index (χ0n) is 14.3. The molecular weight excluding hydrogens is 438 g/mol. The maximum absolute atomic E-state index is 12.1. The van der Waals surface area contributed by atoms with Gasteiger partial charge in [0.15, 0.2) is 11.5 Å². The van der Waals surface area contributed by atoms with E-state index in [0.29, 0.717) is 27.2 Å². The van der Waals surface area contributed by atoms with Gasteiger partial charge in [0.1, 0.15) is 6.54 Å². The summed E-state index contributed by atoms with van der Waals surface area (Å²) < 4.78 is 36.3. The lowest BCUT2D eigenvalue weighted by molar-refractivity contribution is -0.119. The predicted molar refractivity (Wildman–Crippen MR) is 105 cm³/mol. The molecule has 0 aromatic heterocycles. The molecule has 0 spiro atoms. The maximum Gasteiger partial charge on any atom is 0.260 e. The summed E-state index contributed by atoms with van der Waals surface area (Å²) in [5, 5.41) is 3.86. The first-order chi connectivity index (χ1) is 12.8. The summed E-state index contributed by atoms with van der Waals surface area (Å²) in [5.41, 5.74) is 3.40. The Morgan fingerprint density at radius 2 is 2.04 bits per heavy atom. The molecule has 1 aliphatic heterocycles. The molecule has 1 heterocycles. The topological polar surface area (TPSA) is 97.3 Å². The molecule has 0 radical (unpaired) electrons. The fourth-order valence-corrected chi connectivity index (χ4v) is 3.60.